The number of nitrogens with zero attached hydrogens (tertiary/aromatic N) is 1. The van der Waals surface area contributed by atoms with E-state index in [0.29, 0.717) is 0 Å². The molecule has 0 aliphatic heterocycles. The van der Waals surface area contributed by atoms with Crippen molar-refractivity contribution in [2.24, 2.45) is 0 Å². The van der Waals surface area contributed by atoms with Crippen LogP contribution < -0.4 is 5.32 Å². The summed E-state index contributed by atoms with van der Waals surface area (Å²) in [7, 11) is 0. The van der Waals surface area contributed by atoms with Crippen LogP contribution in [-0.2, 0) is 5.75 Å². The van der Waals surface area contributed by atoms with Gasteiger partial charge in [-0.1, -0.05) is 24.3 Å². The van der Waals surface area contributed by atoms with E-state index in [1.54, 1.807) is 35.5 Å². The second-order valence-corrected chi connectivity index (χ2v) is 7.40. The molecule has 0 aliphatic rings. The first-order valence-electron chi connectivity index (χ1n) is 7.69. The largest absolute Gasteiger partial charge is 0.345 e. The number of aromatic nitrogens is 1. The Bertz CT molecular complexity index is 788. The maximum atomic E-state index is 12.7. The molecule has 1 atom stereocenters. The molecule has 0 fully saturated rings. The van der Waals surface area contributed by atoms with E-state index in [1.807, 2.05) is 43.3 Å². The van der Waals surface area contributed by atoms with Gasteiger partial charge in [0.1, 0.15) is 0 Å². The van der Waals surface area contributed by atoms with Crippen LogP contribution in [0.15, 0.2) is 71.2 Å². The van der Waals surface area contributed by atoms with Gasteiger partial charge >= 0.3 is 0 Å². The van der Waals surface area contributed by atoms with E-state index in [2.05, 4.69) is 27.8 Å². The van der Waals surface area contributed by atoms with Crippen LogP contribution in [0, 0.1) is 0 Å². The summed E-state index contributed by atoms with van der Waals surface area (Å²) < 4.78 is 0. The fourth-order valence-corrected chi connectivity index (χ4v) is 4.14. The van der Waals surface area contributed by atoms with Gasteiger partial charge in [-0.15, -0.1) is 23.1 Å². The zero-order valence-electron chi connectivity index (χ0n) is 13.3. The van der Waals surface area contributed by atoms with Crippen LogP contribution in [0.1, 0.15) is 33.8 Å². The average molecular weight is 354 g/mol. The lowest BCUT2D eigenvalue weighted by atomic mass is 10.1. The molecule has 1 N–H and O–H groups in total. The molecule has 1 amide bonds. The lowest BCUT2D eigenvalue weighted by Crippen LogP contribution is -2.27. The van der Waals surface area contributed by atoms with Gasteiger partial charge in [0.05, 0.1) is 11.6 Å². The van der Waals surface area contributed by atoms with Crippen molar-refractivity contribution in [2.45, 2.75) is 23.6 Å². The number of pyridine rings is 1. The van der Waals surface area contributed by atoms with Gasteiger partial charge in [0.15, 0.2) is 0 Å². The van der Waals surface area contributed by atoms with E-state index in [0.717, 1.165) is 21.8 Å². The molecule has 3 aromatic rings. The molecule has 0 bridgehead atoms. The van der Waals surface area contributed by atoms with Crippen LogP contribution in [0.4, 0.5) is 0 Å². The zero-order valence-corrected chi connectivity index (χ0v) is 14.9. The minimum Gasteiger partial charge on any atom is -0.345 e. The molecule has 24 heavy (non-hydrogen) atoms. The van der Waals surface area contributed by atoms with Crippen molar-refractivity contribution in [1.82, 2.24) is 10.3 Å². The van der Waals surface area contributed by atoms with Crippen LogP contribution in [0.25, 0.3) is 0 Å². The third kappa shape index (κ3) is 4.24. The van der Waals surface area contributed by atoms with Crippen LogP contribution in [0.2, 0.25) is 0 Å². The Balaban J connectivity index is 1.70. The first kappa shape index (κ1) is 16.7. The number of thiophene rings is 1. The fourth-order valence-electron chi connectivity index (χ4n) is 2.31. The normalized spacial score (nSPS) is 11.9. The van der Waals surface area contributed by atoms with Crippen molar-refractivity contribution < 1.29 is 4.79 Å². The summed E-state index contributed by atoms with van der Waals surface area (Å²) in [4.78, 5) is 19.1. The van der Waals surface area contributed by atoms with E-state index in [4.69, 9.17) is 0 Å². The van der Waals surface area contributed by atoms with Crippen molar-refractivity contribution in [3.8, 4) is 0 Å². The highest BCUT2D eigenvalue weighted by molar-refractivity contribution is 7.98. The van der Waals surface area contributed by atoms with E-state index in [1.165, 1.54) is 4.88 Å². The first-order valence-corrected chi connectivity index (χ1v) is 9.55. The van der Waals surface area contributed by atoms with Gasteiger partial charge < -0.3 is 5.32 Å². The molecule has 3 rings (SSSR count). The van der Waals surface area contributed by atoms with Crippen LogP contribution in [0.3, 0.4) is 0 Å². The van der Waals surface area contributed by atoms with Crippen LogP contribution in [-0.4, -0.2) is 10.9 Å². The fraction of sp³-hybridized carbons (Fsp3) is 0.158. The molecule has 2 aromatic heterocycles. The number of hydrogen-bond donors (Lipinski definition) is 1. The molecule has 5 heteroatoms. The summed E-state index contributed by atoms with van der Waals surface area (Å²) in [5.41, 5.74) is 1.71. The quantitative estimate of drug-likeness (QED) is 0.639. The second-order valence-electron chi connectivity index (χ2n) is 5.35. The van der Waals surface area contributed by atoms with Gasteiger partial charge in [0.25, 0.3) is 5.91 Å². The number of benzene rings is 1. The second kappa shape index (κ2) is 8.13. The van der Waals surface area contributed by atoms with Crippen molar-refractivity contribution in [1.29, 1.82) is 0 Å². The molecule has 122 valence electrons. The average Bonchev–Trinajstić information content (AvgIpc) is 3.14. The zero-order chi connectivity index (χ0) is 16.8. The Labute approximate surface area is 150 Å². The van der Waals surface area contributed by atoms with Gasteiger partial charge in [0.2, 0.25) is 0 Å². The molecule has 0 radical (unpaired) electrons. The topological polar surface area (TPSA) is 42.0 Å². The summed E-state index contributed by atoms with van der Waals surface area (Å²) in [5.74, 6) is 0.820. The lowest BCUT2D eigenvalue weighted by Gasteiger charge is -2.15. The number of thioether (sulfide) groups is 1. The molecular weight excluding hydrogens is 336 g/mol. The first-order chi connectivity index (χ1) is 11.7. The van der Waals surface area contributed by atoms with Crippen molar-refractivity contribution in [3.05, 3.63) is 82.3 Å². The maximum Gasteiger partial charge on any atom is 0.252 e. The predicted molar refractivity (Wildman–Crippen MR) is 100 cm³/mol. The minimum absolute atomic E-state index is 0.0550. The Kier molecular flexibility index (Phi) is 5.67. The van der Waals surface area contributed by atoms with Crippen LogP contribution in [0.5, 0.6) is 0 Å². The highest BCUT2D eigenvalue weighted by atomic mass is 32.2. The number of rotatable bonds is 6. The highest BCUT2D eigenvalue weighted by Gasteiger charge is 2.15. The third-order valence-corrected chi connectivity index (χ3v) is 5.80. The summed E-state index contributed by atoms with van der Waals surface area (Å²) in [6.07, 6.45) is 3.51. The molecule has 2 heterocycles. The van der Waals surface area contributed by atoms with Crippen molar-refractivity contribution >= 4 is 29.0 Å². The molecule has 1 aromatic carbocycles. The van der Waals surface area contributed by atoms with E-state index in [9.17, 15) is 4.79 Å². The SMILES string of the molecule is CC(NC(=O)c1ccccc1SCc1cccs1)c1cccnc1. The van der Waals surface area contributed by atoms with Gasteiger partial charge in [0, 0.05) is 27.9 Å². The predicted octanol–water partition coefficient (Wildman–Crippen LogP) is 4.93. The summed E-state index contributed by atoms with van der Waals surface area (Å²) in [6.45, 7) is 1.97. The summed E-state index contributed by atoms with van der Waals surface area (Å²) in [6, 6.07) is 15.7. The summed E-state index contributed by atoms with van der Waals surface area (Å²) in [5, 5.41) is 5.13. The highest BCUT2D eigenvalue weighted by Crippen LogP contribution is 2.28. The van der Waals surface area contributed by atoms with E-state index < -0.39 is 0 Å². The van der Waals surface area contributed by atoms with Crippen molar-refractivity contribution in [2.75, 3.05) is 0 Å². The molecule has 0 saturated carbocycles. The standard InChI is InChI=1S/C19H18N2OS2/c1-14(15-6-4-10-20-12-15)21-19(22)17-8-2-3-9-18(17)24-13-16-7-5-11-23-16/h2-12,14H,13H2,1H3,(H,21,22). The monoisotopic (exact) mass is 354 g/mol. The minimum atomic E-state index is -0.0819. The number of amides is 1. The molecular formula is C19H18N2OS2. The van der Waals surface area contributed by atoms with Gasteiger partial charge in [-0.3, -0.25) is 9.78 Å². The number of carbonyl (C=O) groups is 1. The number of nitrogens with one attached hydrogen (secondary N) is 1. The summed E-state index contributed by atoms with van der Waals surface area (Å²) >= 11 is 3.43. The Morgan fingerprint density at radius 3 is 2.83 bits per heavy atom. The molecule has 3 nitrogen and oxygen atoms in total. The molecule has 1 unspecified atom stereocenters. The Hall–Kier alpha value is -2.11. The smallest absolute Gasteiger partial charge is 0.252 e. The molecule has 0 aliphatic carbocycles. The van der Waals surface area contributed by atoms with Gasteiger partial charge in [-0.25, -0.2) is 0 Å². The van der Waals surface area contributed by atoms with Gasteiger partial charge in [-0.05, 0) is 42.1 Å². The Morgan fingerprint density at radius 2 is 2.08 bits per heavy atom. The van der Waals surface area contributed by atoms with Gasteiger partial charge in [-0.2, -0.15) is 0 Å². The van der Waals surface area contributed by atoms with E-state index in [-0.39, 0.29) is 11.9 Å². The lowest BCUT2D eigenvalue weighted by molar-refractivity contribution is 0.0937. The Morgan fingerprint density at radius 1 is 1.21 bits per heavy atom. The van der Waals surface area contributed by atoms with E-state index >= 15 is 0 Å². The number of carbonyl (C=O) groups excluding carboxylic acids is 1. The molecule has 0 spiro atoms. The van der Waals surface area contributed by atoms with Crippen molar-refractivity contribution in [3.63, 3.8) is 0 Å². The number of hydrogen-bond acceptors (Lipinski definition) is 4. The third-order valence-electron chi connectivity index (χ3n) is 3.61. The van der Waals surface area contributed by atoms with Crippen LogP contribution >= 0.6 is 23.1 Å². The maximum absolute atomic E-state index is 12.7. The molecule has 0 saturated heterocycles.